The van der Waals surface area contributed by atoms with Gasteiger partial charge in [0.2, 0.25) is 5.88 Å². The Hall–Kier alpha value is -2.50. The predicted molar refractivity (Wildman–Crippen MR) is 82.8 cm³/mol. The maximum absolute atomic E-state index is 5.96. The van der Waals surface area contributed by atoms with Gasteiger partial charge < -0.3 is 20.5 Å². The van der Waals surface area contributed by atoms with E-state index in [1.54, 1.807) is 7.11 Å². The molecule has 0 aliphatic rings. The molecule has 0 radical (unpaired) electrons. The predicted octanol–water partition coefficient (Wildman–Crippen LogP) is 2.12. The molecule has 0 saturated carbocycles. The smallest absolute Gasteiger partial charge is 0.242 e. The number of aromatic nitrogens is 2. The van der Waals surface area contributed by atoms with Gasteiger partial charge in [-0.3, -0.25) is 0 Å². The van der Waals surface area contributed by atoms with Crippen molar-refractivity contribution in [1.82, 2.24) is 9.97 Å². The van der Waals surface area contributed by atoms with Crippen LogP contribution in [-0.2, 0) is 6.42 Å². The van der Waals surface area contributed by atoms with Crippen molar-refractivity contribution < 1.29 is 9.47 Å². The minimum Gasteiger partial charge on any atom is -0.497 e. The van der Waals surface area contributed by atoms with Gasteiger partial charge in [0, 0.05) is 6.54 Å². The number of hydrogen-bond acceptors (Lipinski definition) is 6. The van der Waals surface area contributed by atoms with Crippen molar-refractivity contribution in [2.24, 2.45) is 0 Å². The van der Waals surface area contributed by atoms with Crippen molar-refractivity contribution in [3.63, 3.8) is 0 Å². The van der Waals surface area contributed by atoms with Crippen LogP contribution < -0.4 is 20.5 Å². The fourth-order valence-corrected chi connectivity index (χ4v) is 1.89. The molecule has 2 aromatic rings. The Morgan fingerprint density at radius 2 is 1.95 bits per heavy atom. The Morgan fingerprint density at radius 1 is 1.19 bits per heavy atom. The average molecular weight is 288 g/mol. The van der Waals surface area contributed by atoms with Gasteiger partial charge in [-0.2, -0.15) is 4.98 Å². The molecule has 6 heteroatoms. The number of benzene rings is 1. The third-order valence-corrected chi connectivity index (χ3v) is 2.99. The Balaban J connectivity index is 1.92. The summed E-state index contributed by atoms with van der Waals surface area (Å²) in [4.78, 5) is 8.13. The highest BCUT2D eigenvalue weighted by Crippen LogP contribution is 2.24. The Morgan fingerprint density at radius 3 is 2.62 bits per heavy atom. The molecule has 0 unspecified atom stereocenters. The van der Waals surface area contributed by atoms with Gasteiger partial charge in [0.1, 0.15) is 17.8 Å². The van der Waals surface area contributed by atoms with Crippen molar-refractivity contribution in [3.05, 3.63) is 36.2 Å². The summed E-state index contributed by atoms with van der Waals surface area (Å²) in [5.74, 6) is 1.87. The summed E-state index contributed by atoms with van der Waals surface area (Å²) in [5.41, 5.74) is 7.61. The highest BCUT2D eigenvalue weighted by Gasteiger charge is 2.08. The van der Waals surface area contributed by atoms with E-state index in [4.69, 9.17) is 15.2 Å². The van der Waals surface area contributed by atoms with Crippen molar-refractivity contribution >= 4 is 11.5 Å². The number of nitrogens with two attached hydrogens (primary N) is 1. The molecule has 0 fully saturated rings. The average Bonchev–Trinajstić information content (AvgIpc) is 2.52. The molecule has 112 valence electrons. The zero-order valence-electron chi connectivity index (χ0n) is 12.3. The molecule has 21 heavy (non-hydrogen) atoms. The van der Waals surface area contributed by atoms with Crippen LogP contribution in [0.5, 0.6) is 11.6 Å². The molecule has 0 aliphatic carbocycles. The van der Waals surface area contributed by atoms with Crippen LogP contribution in [0.1, 0.15) is 12.5 Å². The molecule has 0 spiro atoms. The molecule has 1 aromatic carbocycles. The number of nitrogen functional groups attached to an aromatic ring is 1. The van der Waals surface area contributed by atoms with Crippen LogP contribution in [0.25, 0.3) is 0 Å². The van der Waals surface area contributed by atoms with E-state index in [2.05, 4.69) is 15.3 Å². The van der Waals surface area contributed by atoms with Gasteiger partial charge in [-0.25, -0.2) is 4.98 Å². The van der Waals surface area contributed by atoms with Crippen LogP contribution in [0.2, 0.25) is 0 Å². The topological polar surface area (TPSA) is 82.3 Å². The third-order valence-electron chi connectivity index (χ3n) is 2.99. The Bertz CT molecular complexity index is 572. The van der Waals surface area contributed by atoms with E-state index in [1.807, 2.05) is 31.2 Å². The summed E-state index contributed by atoms with van der Waals surface area (Å²) < 4.78 is 10.5. The van der Waals surface area contributed by atoms with E-state index >= 15 is 0 Å². The van der Waals surface area contributed by atoms with Gasteiger partial charge >= 0.3 is 0 Å². The van der Waals surface area contributed by atoms with Crippen molar-refractivity contribution in [1.29, 1.82) is 0 Å². The van der Waals surface area contributed by atoms with E-state index in [-0.39, 0.29) is 0 Å². The standard InChI is InChI=1S/C15H20N4O2/c1-3-21-15-13(16)14(18-10-19-15)17-9-8-11-4-6-12(20-2)7-5-11/h4-7,10H,3,8-9,16H2,1-2H3,(H,17,18,19). The molecular formula is C15H20N4O2. The quantitative estimate of drug-likeness (QED) is 0.812. The van der Waals surface area contributed by atoms with E-state index in [0.29, 0.717) is 24.0 Å². The SMILES string of the molecule is CCOc1ncnc(NCCc2ccc(OC)cc2)c1N. The molecule has 0 amide bonds. The number of nitrogens with one attached hydrogen (secondary N) is 1. The zero-order chi connectivity index (χ0) is 15.1. The summed E-state index contributed by atoms with van der Waals surface area (Å²) in [6.07, 6.45) is 2.30. The lowest BCUT2D eigenvalue weighted by Crippen LogP contribution is -2.10. The second-order valence-electron chi connectivity index (χ2n) is 4.40. The largest absolute Gasteiger partial charge is 0.497 e. The number of ether oxygens (including phenoxy) is 2. The highest BCUT2D eigenvalue weighted by molar-refractivity contribution is 5.66. The second-order valence-corrected chi connectivity index (χ2v) is 4.40. The zero-order valence-corrected chi connectivity index (χ0v) is 12.3. The molecule has 0 atom stereocenters. The van der Waals surface area contributed by atoms with Gasteiger partial charge in [-0.05, 0) is 31.0 Å². The maximum atomic E-state index is 5.96. The number of hydrogen-bond donors (Lipinski definition) is 2. The van der Waals surface area contributed by atoms with E-state index in [0.717, 1.165) is 18.7 Å². The highest BCUT2D eigenvalue weighted by atomic mass is 16.5. The van der Waals surface area contributed by atoms with Crippen LogP contribution in [0.3, 0.4) is 0 Å². The van der Waals surface area contributed by atoms with Gasteiger partial charge in [-0.1, -0.05) is 12.1 Å². The van der Waals surface area contributed by atoms with E-state index in [1.165, 1.54) is 11.9 Å². The molecule has 0 aliphatic heterocycles. The molecule has 0 saturated heterocycles. The molecular weight excluding hydrogens is 268 g/mol. The summed E-state index contributed by atoms with van der Waals surface area (Å²) in [5, 5.41) is 3.20. The molecule has 6 nitrogen and oxygen atoms in total. The van der Waals surface area contributed by atoms with Crippen LogP contribution in [0.15, 0.2) is 30.6 Å². The molecule has 3 N–H and O–H groups in total. The lowest BCUT2D eigenvalue weighted by molar-refractivity contribution is 0.328. The number of methoxy groups -OCH3 is 1. The maximum Gasteiger partial charge on any atom is 0.242 e. The fourth-order valence-electron chi connectivity index (χ4n) is 1.89. The van der Waals surface area contributed by atoms with Crippen molar-refractivity contribution in [3.8, 4) is 11.6 Å². The Kier molecular flexibility index (Phi) is 5.20. The third kappa shape index (κ3) is 3.98. The first-order chi connectivity index (χ1) is 10.2. The monoisotopic (exact) mass is 288 g/mol. The lowest BCUT2D eigenvalue weighted by atomic mass is 10.1. The van der Waals surface area contributed by atoms with E-state index < -0.39 is 0 Å². The van der Waals surface area contributed by atoms with Crippen LogP contribution >= 0.6 is 0 Å². The Labute approximate surface area is 124 Å². The fraction of sp³-hybridized carbons (Fsp3) is 0.333. The summed E-state index contributed by atoms with van der Waals surface area (Å²) in [6, 6.07) is 7.97. The van der Waals surface area contributed by atoms with Gasteiger partial charge in [0.15, 0.2) is 5.82 Å². The van der Waals surface area contributed by atoms with Crippen LogP contribution in [0.4, 0.5) is 11.5 Å². The second kappa shape index (κ2) is 7.33. The molecule has 0 bridgehead atoms. The number of nitrogens with zero attached hydrogens (tertiary/aromatic N) is 2. The van der Waals surface area contributed by atoms with E-state index in [9.17, 15) is 0 Å². The van der Waals surface area contributed by atoms with Gasteiger partial charge in [0.05, 0.1) is 13.7 Å². The van der Waals surface area contributed by atoms with Crippen LogP contribution in [-0.4, -0.2) is 30.2 Å². The summed E-state index contributed by atoms with van der Waals surface area (Å²) in [6.45, 7) is 3.13. The lowest BCUT2D eigenvalue weighted by Gasteiger charge is -2.11. The van der Waals surface area contributed by atoms with Crippen molar-refractivity contribution in [2.45, 2.75) is 13.3 Å². The summed E-state index contributed by atoms with van der Waals surface area (Å²) in [7, 11) is 1.66. The first kappa shape index (κ1) is 14.9. The number of anilines is 2. The minimum atomic E-state index is 0.416. The van der Waals surface area contributed by atoms with Crippen molar-refractivity contribution in [2.75, 3.05) is 31.3 Å². The van der Waals surface area contributed by atoms with Crippen LogP contribution in [0, 0.1) is 0 Å². The van der Waals surface area contributed by atoms with Gasteiger partial charge in [-0.15, -0.1) is 0 Å². The normalized spacial score (nSPS) is 10.2. The molecule has 2 rings (SSSR count). The first-order valence-electron chi connectivity index (χ1n) is 6.84. The number of rotatable bonds is 7. The molecule has 1 aromatic heterocycles. The minimum absolute atomic E-state index is 0.416. The first-order valence-corrected chi connectivity index (χ1v) is 6.84. The summed E-state index contributed by atoms with van der Waals surface area (Å²) >= 11 is 0. The van der Waals surface area contributed by atoms with Gasteiger partial charge in [0.25, 0.3) is 0 Å². The molecule has 1 heterocycles.